The van der Waals surface area contributed by atoms with E-state index >= 15 is 0 Å². The molecule has 0 heterocycles. The molecule has 0 saturated heterocycles. The fourth-order valence-electron chi connectivity index (χ4n) is 1.70. The summed E-state index contributed by atoms with van der Waals surface area (Å²) in [7, 11) is 0. The summed E-state index contributed by atoms with van der Waals surface area (Å²) in [4.78, 5) is 0. The van der Waals surface area contributed by atoms with Crippen LogP contribution in [0.4, 0.5) is 0 Å². The summed E-state index contributed by atoms with van der Waals surface area (Å²) in [6, 6.07) is 17.9. The normalized spacial score (nSPS) is 10.2. The Labute approximate surface area is 122 Å². The SMILES string of the molecule is BrCc1ccccc1OCCCOc1ccccc1. The van der Waals surface area contributed by atoms with Gasteiger partial charge in [0, 0.05) is 17.3 Å². The van der Waals surface area contributed by atoms with E-state index < -0.39 is 0 Å². The average molecular weight is 321 g/mol. The minimum absolute atomic E-state index is 0.664. The quantitative estimate of drug-likeness (QED) is 0.555. The zero-order valence-corrected chi connectivity index (χ0v) is 12.3. The molecular weight excluding hydrogens is 304 g/mol. The van der Waals surface area contributed by atoms with Gasteiger partial charge in [-0.15, -0.1) is 0 Å². The van der Waals surface area contributed by atoms with Crippen molar-refractivity contribution in [2.24, 2.45) is 0 Å². The minimum Gasteiger partial charge on any atom is -0.493 e. The molecule has 0 bridgehead atoms. The zero-order chi connectivity index (χ0) is 13.3. The van der Waals surface area contributed by atoms with Gasteiger partial charge in [-0.3, -0.25) is 0 Å². The first-order chi connectivity index (χ1) is 9.40. The molecule has 0 aliphatic carbocycles. The topological polar surface area (TPSA) is 18.5 Å². The number of hydrogen-bond acceptors (Lipinski definition) is 2. The summed E-state index contributed by atoms with van der Waals surface area (Å²) in [5, 5.41) is 0.809. The number of para-hydroxylation sites is 2. The van der Waals surface area contributed by atoms with Crippen molar-refractivity contribution in [3.8, 4) is 11.5 Å². The first-order valence-electron chi connectivity index (χ1n) is 6.34. The van der Waals surface area contributed by atoms with Crippen LogP contribution < -0.4 is 9.47 Å². The highest BCUT2D eigenvalue weighted by atomic mass is 79.9. The fourth-order valence-corrected chi connectivity index (χ4v) is 2.17. The molecule has 0 radical (unpaired) electrons. The Morgan fingerprint density at radius 3 is 2.26 bits per heavy atom. The van der Waals surface area contributed by atoms with Crippen LogP contribution in [0.2, 0.25) is 0 Å². The molecule has 0 amide bonds. The molecule has 19 heavy (non-hydrogen) atoms. The molecule has 0 aliphatic rings. The molecule has 0 spiro atoms. The van der Waals surface area contributed by atoms with E-state index in [0.29, 0.717) is 13.2 Å². The highest BCUT2D eigenvalue weighted by molar-refractivity contribution is 9.08. The Hall–Kier alpha value is -1.48. The van der Waals surface area contributed by atoms with Crippen LogP contribution in [0.1, 0.15) is 12.0 Å². The number of alkyl halides is 1. The Morgan fingerprint density at radius 1 is 0.789 bits per heavy atom. The zero-order valence-electron chi connectivity index (χ0n) is 10.7. The van der Waals surface area contributed by atoms with E-state index in [-0.39, 0.29) is 0 Å². The predicted molar refractivity (Wildman–Crippen MR) is 81.1 cm³/mol. The first-order valence-corrected chi connectivity index (χ1v) is 7.47. The van der Waals surface area contributed by atoms with Crippen molar-refractivity contribution >= 4 is 15.9 Å². The molecule has 2 aromatic carbocycles. The average Bonchev–Trinajstić information content (AvgIpc) is 2.48. The van der Waals surface area contributed by atoms with E-state index in [1.165, 1.54) is 5.56 Å². The lowest BCUT2D eigenvalue weighted by molar-refractivity contribution is 0.246. The monoisotopic (exact) mass is 320 g/mol. The first kappa shape index (κ1) is 13.9. The maximum Gasteiger partial charge on any atom is 0.123 e. The minimum atomic E-state index is 0.664. The molecule has 3 heteroatoms. The summed E-state index contributed by atoms with van der Waals surface area (Å²) in [5.41, 5.74) is 1.17. The van der Waals surface area contributed by atoms with Gasteiger partial charge in [-0.2, -0.15) is 0 Å². The van der Waals surface area contributed by atoms with Crippen molar-refractivity contribution in [1.29, 1.82) is 0 Å². The van der Waals surface area contributed by atoms with Crippen LogP contribution in [-0.4, -0.2) is 13.2 Å². The smallest absolute Gasteiger partial charge is 0.123 e. The number of benzene rings is 2. The van der Waals surface area contributed by atoms with Gasteiger partial charge < -0.3 is 9.47 Å². The maximum atomic E-state index is 5.76. The number of hydrogen-bond donors (Lipinski definition) is 0. The van der Waals surface area contributed by atoms with Crippen LogP contribution >= 0.6 is 15.9 Å². The van der Waals surface area contributed by atoms with Crippen molar-refractivity contribution in [2.45, 2.75) is 11.8 Å². The Bertz CT molecular complexity index is 485. The molecule has 100 valence electrons. The van der Waals surface area contributed by atoms with Crippen LogP contribution in [0.15, 0.2) is 54.6 Å². The van der Waals surface area contributed by atoms with Gasteiger partial charge in [-0.1, -0.05) is 52.3 Å². The van der Waals surface area contributed by atoms with E-state index in [1.54, 1.807) is 0 Å². The van der Waals surface area contributed by atoms with Gasteiger partial charge in [0.2, 0.25) is 0 Å². The standard InChI is InChI=1S/C16H17BrO2/c17-13-14-7-4-5-10-16(14)19-12-6-11-18-15-8-2-1-3-9-15/h1-5,7-10H,6,11-13H2. The second kappa shape index (κ2) is 7.85. The Balaban J connectivity index is 1.69. The van der Waals surface area contributed by atoms with Crippen LogP contribution in [0.5, 0.6) is 11.5 Å². The Kier molecular flexibility index (Phi) is 5.76. The van der Waals surface area contributed by atoms with Gasteiger partial charge in [0.05, 0.1) is 13.2 Å². The third-order valence-electron chi connectivity index (χ3n) is 2.67. The molecule has 0 N–H and O–H groups in total. The van der Waals surface area contributed by atoms with Crippen LogP contribution in [0.25, 0.3) is 0 Å². The summed E-state index contributed by atoms with van der Waals surface area (Å²) >= 11 is 3.46. The summed E-state index contributed by atoms with van der Waals surface area (Å²) in [6.07, 6.45) is 0.867. The molecule has 0 unspecified atom stereocenters. The summed E-state index contributed by atoms with van der Waals surface area (Å²) in [5.74, 6) is 1.85. The van der Waals surface area contributed by atoms with Gasteiger partial charge >= 0.3 is 0 Å². The van der Waals surface area contributed by atoms with Crippen LogP contribution in [0, 0.1) is 0 Å². The molecular formula is C16H17BrO2. The van der Waals surface area contributed by atoms with Gasteiger partial charge in [0.15, 0.2) is 0 Å². The molecule has 0 fully saturated rings. The third-order valence-corrected chi connectivity index (χ3v) is 3.28. The van der Waals surface area contributed by atoms with Gasteiger partial charge in [0.25, 0.3) is 0 Å². The highest BCUT2D eigenvalue weighted by Gasteiger charge is 2.00. The molecule has 0 aromatic heterocycles. The van der Waals surface area contributed by atoms with E-state index in [0.717, 1.165) is 23.2 Å². The summed E-state index contributed by atoms with van der Waals surface area (Å²) < 4.78 is 11.4. The van der Waals surface area contributed by atoms with Gasteiger partial charge in [0.1, 0.15) is 11.5 Å². The lowest BCUT2D eigenvalue weighted by Gasteiger charge is -2.10. The molecule has 0 atom stereocenters. The van der Waals surface area contributed by atoms with E-state index in [1.807, 2.05) is 48.5 Å². The summed E-state index contributed by atoms with van der Waals surface area (Å²) in [6.45, 7) is 1.33. The van der Waals surface area contributed by atoms with E-state index in [2.05, 4.69) is 22.0 Å². The largest absolute Gasteiger partial charge is 0.493 e. The Morgan fingerprint density at radius 2 is 1.47 bits per heavy atom. The van der Waals surface area contributed by atoms with Crippen molar-refractivity contribution in [3.63, 3.8) is 0 Å². The second-order valence-corrected chi connectivity index (χ2v) is 4.67. The number of ether oxygens (including phenoxy) is 2. The predicted octanol–water partition coefficient (Wildman–Crippen LogP) is 4.43. The fraction of sp³-hybridized carbons (Fsp3) is 0.250. The second-order valence-electron chi connectivity index (χ2n) is 4.10. The number of rotatable bonds is 7. The third kappa shape index (κ3) is 4.60. The lowest BCUT2D eigenvalue weighted by atomic mass is 10.2. The van der Waals surface area contributed by atoms with Gasteiger partial charge in [-0.05, 0) is 18.2 Å². The van der Waals surface area contributed by atoms with Crippen LogP contribution in [0.3, 0.4) is 0 Å². The van der Waals surface area contributed by atoms with Crippen molar-refractivity contribution in [1.82, 2.24) is 0 Å². The molecule has 0 aliphatic heterocycles. The van der Waals surface area contributed by atoms with E-state index in [9.17, 15) is 0 Å². The van der Waals surface area contributed by atoms with Gasteiger partial charge in [-0.25, -0.2) is 0 Å². The highest BCUT2D eigenvalue weighted by Crippen LogP contribution is 2.20. The molecule has 0 saturated carbocycles. The lowest BCUT2D eigenvalue weighted by Crippen LogP contribution is -2.05. The van der Waals surface area contributed by atoms with Crippen LogP contribution in [-0.2, 0) is 5.33 Å². The maximum absolute atomic E-state index is 5.76. The molecule has 2 aromatic rings. The van der Waals surface area contributed by atoms with E-state index in [4.69, 9.17) is 9.47 Å². The molecule has 2 rings (SSSR count). The molecule has 2 nitrogen and oxygen atoms in total. The van der Waals surface area contributed by atoms with Crippen molar-refractivity contribution in [2.75, 3.05) is 13.2 Å². The number of halogens is 1. The van der Waals surface area contributed by atoms with Crippen molar-refractivity contribution < 1.29 is 9.47 Å². The van der Waals surface area contributed by atoms with Crippen molar-refractivity contribution in [3.05, 3.63) is 60.2 Å².